The number of aromatic nitrogens is 1. The zero-order chi connectivity index (χ0) is 17.8. The molecule has 0 aliphatic carbocycles. The first kappa shape index (κ1) is 17.2. The van der Waals surface area contributed by atoms with Crippen molar-refractivity contribution in [2.75, 3.05) is 19.4 Å². The van der Waals surface area contributed by atoms with Gasteiger partial charge in [0.05, 0.1) is 10.7 Å². The number of hydrogen-bond donors (Lipinski definition) is 1. The van der Waals surface area contributed by atoms with Crippen molar-refractivity contribution < 1.29 is 4.79 Å². The van der Waals surface area contributed by atoms with E-state index in [1.807, 2.05) is 61.5 Å². The van der Waals surface area contributed by atoms with Gasteiger partial charge in [-0.15, -0.1) is 11.3 Å². The number of anilines is 1. The van der Waals surface area contributed by atoms with Crippen LogP contribution >= 0.6 is 11.3 Å². The molecule has 1 unspecified atom stereocenters. The Hall–Kier alpha value is -2.66. The third-order valence-corrected chi connectivity index (χ3v) is 4.70. The minimum absolute atomic E-state index is 0.0189. The first-order valence-corrected chi connectivity index (χ1v) is 8.98. The van der Waals surface area contributed by atoms with Gasteiger partial charge in [0.25, 0.3) is 0 Å². The Morgan fingerprint density at radius 2 is 1.76 bits per heavy atom. The van der Waals surface area contributed by atoms with Gasteiger partial charge in [0, 0.05) is 30.7 Å². The summed E-state index contributed by atoms with van der Waals surface area (Å²) in [6, 6.07) is 17.4. The van der Waals surface area contributed by atoms with Crippen LogP contribution in [0.1, 0.15) is 16.6 Å². The number of rotatable bonds is 5. The van der Waals surface area contributed by atoms with E-state index in [1.54, 1.807) is 30.3 Å². The SMILES string of the molecule is Cc1nc(-c2ccc(NC(C(=O)N(C)C)c3ccccc3)cc2)cs1. The van der Waals surface area contributed by atoms with E-state index < -0.39 is 6.04 Å². The van der Waals surface area contributed by atoms with Gasteiger partial charge in [-0.3, -0.25) is 4.79 Å². The monoisotopic (exact) mass is 351 g/mol. The number of thiazole rings is 1. The van der Waals surface area contributed by atoms with Gasteiger partial charge in [0.1, 0.15) is 6.04 Å². The molecule has 1 atom stereocenters. The Kier molecular flexibility index (Phi) is 5.14. The summed E-state index contributed by atoms with van der Waals surface area (Å²) in [7, 11) is 3.54. The molecule has 0 bridgehead atoms. The topological polar surface area (TPSA) is 45.2 Å². The molecule has 4 nitrogen and oxygen atoms in total. The molecule has 1 amide bonds. The summed E-state index contributed by atoms with van der Waals surface area (Å²) in [6.07, 6.45) is 0. The van der Waals surface area contributed by atoms with Crippen molar-refractivity contribution in [3.63, 3.8) is 0 Å². The van der Waals surface area contributed by atoms with Crippen molar-refractivity contribution in [3.8, 4) is 11.3 Å². The molecule has 3 rings (SSSR count). The fraction of sp³-hybridized carbons (Fsp3) is 0.200. The molecule has 0 aliphatic heterocycles. The summed E-state index contributed by atoms with van der Waals surface area (Å²) in [5, 5.41) is 6.46. The van der Waals surface area contributed by atoms with Gasteiger partial charge in [-0.2, -0.15) is 0 Å². The van der Waals surface area contributed by atoms with Crippen molar-refractivity contribution in [1.29, 1.82) is 0 Å². The zero-order valence-electron chi connectivity index (χ0n) is 14.6. The number of hydrogen-bond acceptors (Lipinski definition) is 4. The summed E-state index contributed by atoms with van der Waals surface area (Å²) >= 11 is 1.64. The van der Waals surface area contributed by atoms with Crippen LogP contribution in [0.15, 0.2) is 60.0 Å². The van der Waals surface area contributed by atoms with E-state index in [2.05, 4.69) is 15.7 Å². The summed E-state index contributed by atoms with van der Waals surface area (Å²) in [5.41, 5.74) is 3.91. The highest BCUT2D eigenvalue weighted by Crippen LogP contribution is 2.26. The molecule has 3 aromatic rings. The van der Waals surface area contributed by atoms with Gasteiger partial charge < -0.3 is 10.2 Å². The van der Waals surface area contributed by atoms with Crippen LogP contribution in [-0.4, -0.2) is 29.9 Å². The molecule has 0 saturated carbocycles. The van der Waals surface area contributed by atoms with Gasteiger partial charge in [-0.05, 0) is 24.6 Å². The third kappa shape index (κ3) is 4.06. The quantitative estimate of drug-likeness (QED) is 0.743. The molecular formula is C20H21N3OS. The minimum atomic E-state index is -0.413. The van der Waals surface area contributed by atoms with Crippen molar-refractivity contribution in [3.05, 3.63) is 70.5 Å². The molecule has 0 aliphatic rings. The van der Waals surface area contributed by atoms with Crippen LogP contribution in [0.5, 0.6) is 0 Å². The normalized spacial score (nSPS) is 11.8. The number of aryl methyl sites for hydroxylation is 1. The van der Waals surface area contributed by atoms with Gasteiger partial charge in [0.15, 0.2) is 0 Å². The van der Waals surface area contributed by atoms with Crippen LogP contribution in [0, 0.1) is 6.92 Å². The maximum absolute atomic E-state index is 12.6. The minimum Gasteiger partial charge on any atom is -0.370 e. The van der Waals surface area contributed by atoms with Crippen molar-refractivity contribution >= 4 is 22.9 Å². The number of carbonyl (C=O) groups is 1. The average molecular weight is 351 g/mol. The van der Waals surface area contributed by atoms with Gasteiger partial charge in [0.2, 0.25) is 5.91 Å². The van der Waals surface area contributed by atoms with E-state index in [0.717, 1.165) is 27.5 Å². The molecule has 1 N–H and O–H groups in total. The lowest BCUT2D eigenvalue weighted by molar-refractivity contribution is -0.129. The number of carbonyl (C=O) groups excluding carboxylic acids is 1. The standard InChI is InChI=1S/C20H21N3OS/c1-14-21-18(13-25-14)15-9-11-17(12-10-15)22-19(20(24)23(2)3)16-7-5-4-6-8-16/h4-13,19,22H,1-3H3. The van der Waals surface area contributed by atoms with Gasteiger partial charge in [-0.1, -0.05) is 42.5 Å². The lowest BCUT2D eigenvalue weighted by atomic mass is 10.0. The summed E-state index contributed by atoms with van der Waals surface area (Å²) in [6.45, 7) is 2.00. The number of benzene rings is 2. The van der Waals surface area contributed by atoms with Crippen LogP contribution in [-0.2, 0) is 4.79 Å². The van der Waals surface area contributed by atoms with Crippen LogP contribution in [0.4, 0.5) is 5.69 Å². The zero-order valence-corrected chi connectivity index (χ0v) is 15.4. The predicted octanol–water partition coefficient (Wildman–Crippen LogP) is 4.36. The number of likely N-dealkylation sites (N-methyl/N-ethyl adjacent to an activating group) is 1. The van der Waals surface area contributed by atoms with Crippen molar-refractivity contribution in [1.82, 2.24) is 9.88 Å². The smallest absolute Gasteiger partial charge is 0.249 e. The maximum atomic E-state index is 12.6. The van der Waals surface area contributed by atoms with Crippen LogP contribution < -0.4 is 5.32 Å². The molecule has 2 aromatic carbocycles. The van der Waals surface area contributed by atoms with E-state index in [-0.39, 0.29) is 5.91 Å². The van der Waals surface area contributed by atoms with Gasteiger partial charge in [-0.25, -0.2) is 4.98 Å². The largest absolute Gasteiger partial charge is 0.370 e. The Morgan fingerprint density at radius 1 is 1.08 bits per heavy atom. The molecular weight excluding hydrogens is 330 g/mol. The van der Waals surface area contributed by atoms with Crippen molar-refractivity contribution in [2.45, 2.75) is 13.0 Å². The number of nitrogens with one attached hydrogen (secondary N) is 1. The Morgan fingerprint density at radius 3 is 2.32 bits per heavy atom. The Balaban J connectivity index is 1.83. The number of nitrogens with zero attached hydrogens (tertiary/aromatic N) is 2. The molecule has 1 aromatic heterocycles. The fourth-order valence-electron chi connectivity index (χ4n) is 2.59. The Labute approximate surface area is 152 Å². The average Bonchev–Trinajstić information content (AvgIpc) is 3.06. The highest BCUT2D eigenvalue weighted by Gasteiger charge is 2.21. The molecule has 128 valence electrons. The molecule has 0 radical (unpaired) electrons. The molecule has 0 fully saturated rings. The van der Waals surface area contributed by atoms with Crippen molar-refractivity contribution in [2.24, 2.45) is 0 Å². The fourth-order valence-corrected chi connectivity index (χ4v) is 3.21. The Bertz CT molecular complexity index is 841. The third-order valence-electron chi connectivity index (χ3n) is 3.93. The second kappa shape index (κ2) is 7.49. The first-order chi connectivity index (χ1) is 12.0. The highest BCUT2D eigenvalue weighted by molar-refractivity contribution is 7.09. The second-order valence-corrected chi connectivity index (χ2v) is 7.11. The predicted molar refractivity (Wildman–Crippen MR) is 104 cm³/mol. The van der Waals surface area contributed by atoms with Crippen LogP contribution in [0.25, 0.3) is 11.3 Å². The summed E-state index contributed by atoms with van der Waals surface area (Å²) in [5.74, 6) is 0.0189. The van der Waals surface area contributed by atoms with E-state index in [0.29, 0.717) is 0 Å². The second-order valence-electron chi connectivity index (χ2n) is 6.05. The maximum Gasteiger partial charge on any atom is 0.249 e. The molecule has 1 heterocycles. The molecule has 0 spiro atoms. The molecule has 0 saturated heterocycles. The number of amides is 1. The van der Waals surface area contributed by atoms with E-state index >= 15 is 0 Å². The lowest BCUT2D eigenvalue weighted by Crippen LogP contribution is -2.32. The van der Waals surface area contributed by atoms with E-state index in [4.69, 9.17) is 0 Å². The summed E-state index contributed by atoms with van der Waals surface area (Å²) < 4.78 is 0. The van der Waals surface area contributed by atoms with Crippen LogP contribution in [0.2, 0.25) is 0 Å². The molecule has 25 heavy (non-hydrogen) atoms. The van der Waals surface area contributed by atoms with Gasteiger partial charge >= 0.3 is 0 Å². The first-order valence-electron chi connectivity index (χ1n) is 8.10. The highest BCUT2D eigenvalue weighted by atomic mass is 32.1. The van der Waals surface area contributed by atoms with E-state index in [1.165, 1.54) is 0 Å². The lowest BCUT2D eigenvalue weighted by Gasteiger charge is -2.23. The molecule has 5 heteroatoms. The van der Waals surface area contributed by atoms with Crippen LogP contribution in [0.3, 0.4) is 0 Å². The van der Waals surface area contributed by atoms with E-state index in [9.17, 15) is 4.79 Å². The summed E-state index contributed by atoms with van der Waals surface area (Å²) in [4.78, 5) is 18.7.